The van der Waals surface area contributed by atoms with Crippen LogP contribution in [0.5, 0.6) is 0 Å². The summed E-state index contributed by atoms with van der Waals surface area (Å²) in [5.74, 6) is 5.38. The molecule has 0 aromatic carbocycles. The van der Waals surface area contributed by atoms with Gasteiger partial charge in [-0.15, -0.1) is 0 Å². The molecule has 0 atom stereocenters. The zero-order chi connectivity index (χ0) is 11.4. The number of nitrogens with zero attached hydrogens (tertiary/aromatic N) is 1. The second-order valence-electron chi connectivity index (χ2n) is 3.95. The first kappa shape index (κ1) is 11.0. The maximum absolute atomic E-state index is 11.2. The first-order valence-corrected chi connectivity index (χ1v) is 5.34. The zero-order valence-corrected chi connectivity index (χ0v) is 8.98. The quantitative estimate of drug-likeness (QED) is 0.434. The first-order chi connectivity index (χ1) is 7.79. The summed E-state index contributed by atoms with van der Waals surface area (Å²) in [6, 6.07) is 5.22. The largest absolute Gasteiger partial charge is 0.375 e. The number of ether oxygens (including phenoxy) is 1. The summed E-state index contributed by atoms with van der Waals surface area (Å²) in [6.45, 7) is 1.23. The van der Waals surface area contributed by atoms with Crippen molar-refractivity contribution in [1.82, 2.24) is 10.4 Å². The van der Waals surface area contributed by atoms with Crippen LogP contribution < -0.4 is 11.3 Å². The third kappa shape index (κ3) is 3.01. The second-order valence-corrected chi connectivity index (χ2v) is 3.95. The molecule has 1 aliphatic rings. The molecule has 5 nitrogen and oxygen atoms in total. The van der Waals surface area contributed by atoms with E-state index in [9.17, 15) is 4.79 Å². The lowest BCUT2D eigenvalue weighted by atomic mass is 10.3. The van der Waals surface area contributed by atoms with E-state index in [1.807, 2.05) is 6.07 Å². The Kier molecular flexibility index (Phi) is 3.48. The lowest BCUT2D eigenvalue weighted by Gasteiger charge is -2.04. The average Bonchev–Trinajstić information content (AvgIpc) is 3.12. The summed E-state index contributed by atoms with van der Waals surface area (Å²) in [4.78, 5) is 15.4. The molecule has 1 fully saturated rings. The highest BCUT2D eigenvalue weighted by atomic mass is 16.5. The molecular weight excluding hydrogens is 206 g/mol. The van der Waals surface area contributed by atoms with Gasteiger partial charge in [-0.25, -0.2) is 10.8 Å². The molecule has 86 valence electrons. The van der Waals surface area contributed by atoms with E-state index >= 15 is 0 Å². The van der Waals surface area contributed by atoms with Crippen molar-refractivity contribution in [3.63, 3.8) is 0 Å². The minimum absolute atomic E-state index is 0.315. The number of carbonyl (C=O) groups is 1. The standard InChI is InChI=1S/C11H15N3O2/c12-14-11(15)10-3-1-2-9(13-10)7-16-6-8-4-5-8/h1-3,8H,4-7,12H2,(H,14,15). The molecule has 0 aliphatic heterocycles. The fourth-order valence-electron chi connectivity index (χ4n) is 1.38. The van der Waals surface area contributed by atoms with Crippen LogP contribution in [0.25, 0.3) is 0 Å². The molecule has 0 saturated heterocycles. The summed E-state index contributed by atoms with van der Waals surface area (Å²) in [6.07, 6.45) is 2.53. The molecule has 16 heavy (non-hydrogen) atoms. The number of carbonyl (C=O) groups excluding carboxylic acids is 1. The van der Waals surface area contributed by atoms with Crippen LogP contribution in [0.1, 0.15) is 29.0 Å². The summed E-state index contributed by atoms with van der Waals surface area (Å²) in [7, 11) is 0. The number of pyridine rings is 1. The van der Waals surface area contributed by atoms with Crippen molar-refractivity contribution in [2.75, 3.05) is 6.61 Å². The van der Waals surface area contributed by atoms with E-state index in [2.05, 4.69) is 10.4 Å². The van der Waals surface area contributed by atoms with Gasteiger partial charge in [-0.1, -0.05) is 6.07 Å². The van der Waals surface area contributed by atoms with Gasteiger partial charge in [-0.05, 0) is 30.9 Å². The summed E-state index contributed by atoms with van der Waals surface area (Å²) in [5.41, 5.74) is 3.12. The number of amides is 1. The van der Waals surface area contributed by atoms with Gasteiger partial charge in [0.25, 0.3) is 5.91 Å². The second kappa shape index (κ2) is 5.05. The van der Waals surface area contributed by atoms with E-state index in [0.29, 0.717) is 12.3 Å². The average molecular weight is 221 g/mol. The van der Waals surface area contributed by atoms with E-state index in [1.165, 1.54) is 12.8 Å². The van der Waals surface area contributed by atoms with Crippen LogP contribution in [0, 0.1) is 5.92 Å². The molecule has 0 radical (unpaired) electrons. The van der Waals surface area contributed by atoms with Crippen molar-refractivity contribution in [1.29, 1.82) is 0 Å². The Balaban J connectivity index is 1.89. The van der Waals surface area contributed by atoms with Crippen molar-refractivity contribution in [3.8, 4) is 0 Å². The van der Waals surface area contributed by atoms with Crippen LogP contribution in [0.15, 0.2) is 18.2 Å². The molecule has 1 saturated carbocycles. The number of nitrogens with two attached hydrogens (primary N) is 1. The Morgan fingerprint density at radius 3 is 3.06 bits per heavy atom. The number of aromatic nitrogens is 1. The molecule has 1 heterocycles. The van der Waals surface area contributed by atoms with Crippen molar-refractivity contribution < 1.29 is 9.53 Å². The lowest BCUT2D eigenvalue weighted by Crippen LogP contribution is -2.30. The van der Waals surface area contributed by atoms with Gasteiger partial charge in [0.05, 0.1) is 12.3 Å². The van der Waals surface area contributed by atoms with E-state index in [1.54, 1.807) is 12.1 Å². The molecule has 0 unspecified atom stereocenters. The van der Waals surface area contributed by atoms with Gasteiger partial charge in [0, 0.05) is 6.61 Å². The number of hydrogen-bond acceptors (Lipinski definition) is 4. The Labute approximate surface area is 94.0 Å². The Bertz CT molecular complexity index is 377. The van der Waals surface area contributed by atoms with Crippen molar-refractivity contribution >= 4 is 5.91 Å². The molecule has 1 aliphatic carbocycles. The maximum Gasteiger partial charge on any atom is 0.283 e. The predicted molar refractivity (Wildman–Crippen MR) is 58.3 cm³/mol. The number of nitrogens with one attached hydrogen (secondary N) is 1. The number of hydrazine groups is 1. The van der Waals surface area contributed by atoms with Crippen molar-refractivity contribution in [3.05, 3.63) is 29.6 Å². The van der Waals surface area contributed by atoms with Crippen LogP contribution in [-0.2, 0) is 11.3 Å². The molecule has 1 amide bonds. The fraction of sp³-hybridized carbons (Fsp3) is 0.455. The van der Waals surface area contributed by atoms with Crippen LogP contribution >= 0.6 is 0 Å². The van der Waals surface area contributed by atoms with E-state index in [0.717, 1.165) is 18.2 Å². The van der Waals surface area contributed by atoms with Crippen LogP contribution in [-0.4, -0.2) is 17.5 Å². The molecule has 0 bridgehead atoms. The number of rotatable bonds is 5. The van der Waals surface area contributed by atoms with E-state index in [-0.39, 0.29) is 5.91 Å². The van der Waals surface area contributed by atoms with Crippen LogP contribution in [0.4, 0.5) is 0 Å². The molecule has 0 spiro atoms. The Hall–Kier alpha value is -1.46. The fourth-order valence-corrected chi connectivity index (χ4v) is 1.38. The Morgan fingerprint density at radius 2 is 2.38 bits per heavy atom. The van der Waals surface area contributed by atoms with Gasteiger partial charge in [-0.2, -0.15) is 0 Å². The number of hydrogen-bond donors (Lipinski definition) is 2. The van der Waals surface area contributed by atoms with Crippen molar-refractivity contribution in [2.45, 2.75) is 19.4 Å². The van der Waals surface area contributed by atoms with Gasteiger partial charge < -0.3 is 4.74 Å². The lowest BCUT2D eigenvalue weighted by molar-refractivity contribution is 0.0944. The molecule has 1 aromatic rings. The summed E-state index contributed by atoms with van der Waals surface area (Å²) in [5, 5.41) is 0. The highest BCUT2D eigenvalue weighted by molar-refractivity contribution is 5.91. The van der Waals surface area contributed by atoms with Gasteiger partial charge in [-0.3, -0.25) is 10.2 Å². The monoisotopic (exact) mass is 221 g/mol. The SMILES string of the molecule is NNC(=O)c1cccc(COCC2CC2)n1. The van der Waals surface area contributed by atoms with Crippen molar-refractivity contribution in [2.24, 2.45) is 11.8 Å². The maximum atomic E-state index is 11.2. The molecule has 3 N–H and O–H groups in total. The van der Waals surface area contributed by atoms with E-state index in [4.69, 9.17) is 10.6 Å². The highest BCUT2D eigenvalue weighted by Gasteiger charge is 2.21. The topological polar surface area (TPSA) is 77.2 Å². The number of nitrogen functional groups attached to an aromatic ring is 1. The summed E-state index contributed by atoms with van der Waals surface area (Å²) < 4.78 is 5.49. The Morgan fingerprint density at radius 1 is 1.56 bits per heavy atom. The summed E-state index contributed by atoms with van der Waals surface area (Å²) >= 11 is 0. The smallest absolute Gasteiger partial charge is 0.283 e. The van der Waals surface area contributed by atoms with Crippen LogP contribution in [0.2, 0.25) is 0 Å². The van der Waals surface area contributed by atoms with Crippen LogP contribution in [0.3, 0.4) is 0 Å². The third-order valence-corrected chi connectivity index (χ3v) is 2.47. The van der Waals surface area contributed by atoms with E-state index < -0.39 is 0 Å². The molecule has 5 heteroatoms. The van der Waals surface area contributed by atoms with Gasteiger partial charge >= 0.3 is 0 Å². The van der Waals surface area contributed by atoms with Gasteiger partial charge in [0.2, 0.25) is 0 Å². The molecule has 2 rings (SSSR count). The highest BCUT2D eigenvalue weighted by Crippen LogP contribution is 2.28. The van der Waals surface area contributed by atoms with Gasteiger partial charge in [0.1, 0.15) is 5.69 Å². The predicted octanol–water partition coefficient (Wildman–Crippen LogP) is 0.612. The first-order valence-electron chi connectivity index (χ1n) is 5.34. The van der Waals surface area contributed by atoms with Gasteiger partial charge in [0.15, 0.2) is 0 Å². The minimum Gasteiger partial charge on any atom is -0.375 e. The normalized spacial score (nSPS) is 14.8. The third-order valence-electron chi connectivity index (χ3n) is 2.47. The zero-order valence-electron chi connectivity index (χ0n) is 8.98. The molecular formula is C11H15N3O2. The minimum atomic E-state index is -0.385. The molecule has 1 aromatic heterocycles.